The number of likely N-dealkylation sites (tertiary alicyclic amines) is 1. The number of methoxy groups -OCH3 is 1. The minimum Gasteiger partial charge on any atom is -0.497 e. The Hall–Kier alpha value is -1.79. The van der Waals surface area contributed by atoms with Crippen molar-refractivity contribution >= 4 is 28.6 Å². The fourth-order valence-electron chi connectivity index (χ4n) is 4.20. The van der Waals surface area contributed by atoms with Crippen molar-refractivity contribution in [3.8, 4) is 5.75 Å². The molecule has 2 atom stereocenters. The lowest BCUT2D eigenvalue weighted by Crippen LogP contribution is -2.44. The fourth-order valence-corrected chi connectivity index (χ4v) is 4.64. The number of hydrogen-bond acceptors (Lipinski definition) is 5. The van der Waals surface area contributed by atoms with E-state index in [9.17, 15) is 9.90 Å². The van der Waals surface area contributed by atoms with Gasteiger partial charge in [0, 0.05) is 30.4 Å². The lowest BCUT2D eigenvalue weighted by Gasteiger charge is -2.36. The molecule has 2 heterocycles. The van der Waals surface area contributed by atoms with Crippen LogP contribution in [0, 0.1) is 11.8 Å². The summed E-state index contributed by atoms with van der Waals surface area (Å²) in [5, 5.41) is 10.8. The Labute approximate surface area is 171 Å². The minimum absolute atomic E-state index is 0.245. The van der Waals surface area contributed by atoms with Crippen molar-refractivity contribution in [2.75, 3.05) is 38.8 Å². The number of carbonyl (C=O) groups is 1. The Kier molecular flexibility index (Phi) is 7.57. The molecule has 28 heavy (non-hydrogen) atoms. The van der Waals surface area contributed by atoms with E-state index in [1.54, 1.807) is 7.11 Å². The summed E-state index contributed by atoms with van der Waals surface area (Å²) in [7, 11) is 1.68. The van der Waals surface area contributed by atoms with Gasteiger partial charge in [0.2, 0.25) is 0 Å². The number of aliphatic carboxylic acids is 1. The Morgan fingerprint density at radius 3 is 3.00 bits per heavy atom. The zero-order valence-corrected chi connectivity index (χ0v) is 17.6. The van der Waals surface area contributed by atoms with Gasteiger partial charge in [-0.2, -0.15) is 11.8 Å². The quantitative estimate of drug-likeness (QED) is 0.685. The van der Waals surface area contributed by atoms with Crippen LogP contribution in [0.1, 0.15) is 24.8 Å². The van der Waals surface area contributed by atoms with Crippen molar-refractivity contribution in [1.82, 2.24) is 9.88 Å². The number of nitrogens with zero attached hydrogens (tertiary/aromatic N) is 2. The monoisotopic (exact) mass is 402 g/mol. The molecule has 0 bridgehead atoms. The highest BCUT2D eigenvalue weighted by Gasteiger charge is 2.33. The Morgan fingerprint density at radius 1 is 1.39 bits per heavy atom. The number of aromatic nitrogens is 1. The molecular formula is C22H30N2O3S. The second-order valence-corrected chi connectivity index (χ2v) is 8.52. The standard InChI is InChI=1S/C22H30N2O3S/c1-27-18-6-7-21-19(14-18)16(8-10-23-21)4-3-5-17-9-11-24(12-13-28-2)15-20(17)22(25)26/h6-8,10,14,17,20H,3-5,9,11-13,15H2,1-2H3,(H,25,26)/t17-,20+/m1/s1. The normalized spacial score (nSPS) is 20.4. The molecule has 1 saturated heterocycles. The van der Waals surface area contributed by atoms with Gasteiger partial charge < -0.3 is 14.7 Å². The topological polar surface area (TPSA) is 62.7 Å². The number of benzene rings is 1. The first-order valence-corrected chi connectivity index (χ1v) is 11.4. The Balaban J connectivity index is 1.61. The van der Waals surface area contributed by atoms with Crippen molar-refractivity contribution < 1.29 is 14.6 Å². The molecular weight excluding hydrogens is 372 g/mol. The number of ether oxygens (including phenoxy) is 1. The van der Waals surface area contributed by atoms with Crippen LogP contribution < -0.4 is 4.74 Å². The van der Waals surface area contributed by atoms with Crippen LogP contribution in [0.3, 0.4) is 0 Å². The van der Waals surface area contributed by atoms with Gasteiger partial charge in [0.1, 0.15) is 5.75 Å². The summed E-state index contributed by atoms with van der Waals surface area (Å²) in [6.07, 6.45) is 7.83. The molecule has 1 fully saturated rings. The van der Waals surface area contributed by atoms with Gasteiger partial charge in [-0.3, -0.25) is 9.78 Å². The Morgan fingerprint density at radius 2 is 2.25 bits per heavy atom. The Bertz CT molecular complexity index is 798. The molecule has 1 N–H and O–H groups in total. The number of piperidine rings is 1. The molecule has 0 amide bonds. The van der Waals surface area contributed by atoms with E-state index < -0.39 is 5.97 Å². The van der Waals surface area contributed by atoms with E-state index >= 15 is 0 Å². The van der Waals surface area contributed by atoms with Crippen molar-refractivity contribution in [3.63, 3.8) is 0 Å². The predicted molar refractivity (Wildman–Crippen MR) is 115 cm³/mol. The maximum atomic E-state index is 11.8. The lowest BCUT2D eigenvalue weighted by molar-refractivity contribution is -0.146. The first kappa shape index (κ1) is 20.9. The summed E-state index contributed by atoms with van der Waals surface area (Å²) < 4.78 is 5.36. The minimum atomic E-state index is -0.641. The zero-order valence-electron chi connectivity index (χ0n) is 16.8. The van der Waals surface area contributed by atoms with Gasteiger partial charge in [-0.15, -0.1) is 0 Å². The van der Waals surface area contributed by atoms with Crippen molar-refractivity contribution in [3.05, 3.63) is 36.0 Å². The zero-order chi connectivity index (χ0) is 19.9. The van der Waals surface area contributed by atoms with E-state index in [2.05, 4.69) is 22.2 Å². The fraction of sp³-hybridized carbons (Fsp3) is 0.545. The summed E-state index contributed by atoms with van der Waals surface area (Å²) in [6, 6.07) is 8.03. The molecule has 152 valence electrons. The number of aryl methyl sites for hydroxylation is 1. The number of carboxylic acid groups (broad SMARTS) is 1. The smallest absolute Gasteiger partial charge is 0.308 e. The first-order valence-electron chi connectivity index (χ1n) is 9.98. The average Bonchev–Trinajstić information content (AvgIpc) is 2.72. The number of hydrogen-bond donors (Lipinski definition) is 1. The molecule has 0 radical (unpaired) electrons. The predicted octanol–water partition coefficient (Wildman–Crippen LogP) is 3.95. The van der Waals surface area contributed by atoms with E-state index in [4.69, 9.17) is 4.74 Å². The molecule has 0 aliphatic carbocycles. The van der Waals surface area contributed by atoms with Crippen LogP contribution >= 0.6 is 11.8 Å². The van der Waals surface area contributed by atoms with Crippen LogP contribution in [0.5, 0.6) is 5.75 Å². The SMILES string of the molecule is COc1ccc2nccc(CCC[C@@H]3CCN(CCSC)C[C@@H]3C(=O)O)c2c1. The number of pyridine rings is 1. The molecule has 0 unspecified atom stereocenters. The summed E-state index contributed by atoms with van der Waals surface area (Å²) >= 11 is 1.82. The van der Waals surface area contributed by atoms with Gasteiger partial charge in [0.05, 0.1) is 18.5 Å². The van der Waals surface area contributed by atoms with Crippen molar-refractivity contribution in [1.29, 1.82) is 0 Å². The summed E-state index contributed by atoms with van der Waals surface area (Å²) in [6.45, 7) is 2.70. The van der Waals surface area contributed by atoms with Crippen LogP contribution in [-0.4, -0.2) is 59.7 Å². The lowest BCUT2D eigenvalue weighted by atomic mass is 9.81. The van der Waals surface area contributed by atoms with E-state index in [1.807, 2.05) is 36.2 Å². The molecule has 2 aromatic rings. The van der Waals surface area contributed by atoms with Gasteiger partial charge in [0.25, 0.3) is 0 Å². The molecule has 1 aliphatic rings. The average molecular weight is 403 g/mol. The largest absolute Gasteiger partial charge is 0.497 e. The van der Waals surface area contributed by atoms with E-state index in [-0.39, 0.29) is 11.8 Å². The van der Waals surface area contributed by atoms with Crippen LogP contribution in [0.2, 0.25) is 0 Å². The van der Waals surface area contributed by atoms with Crippen LogP contribution in [0.25, 0.3) is 10.9 Å². The maximum Gasteiger partial charge on any atom is 0.308 e. The van der Waals surface area contributed by atoms with E-state index in [1.165, 1.54) is 5.56 Å². The second-order valence-electron chi connectivity index (χ2n) is 7.53. The van der Waals surface area contributed by atoms with Gasteiger partial charge in [-0.25, -0.2) is 0 Å². The molecule has 0 saturated carbocycles. The highest BCUT2D eigenvalue weighted by atomic mass is 32.2. The van der Waals surface area contributed by atoms with E-state index in [0.29, 0.717) is 6.54 Å². The van der Waals surface area contributed by atoms with Gasteiger partial charge in [-0.1, -0.05) is 0 Å². The first-order chi connectivity index (χ1) is 13.6. The highest BCUT2D eigenvalue weighted by molar-refractivity contribution is 7.98. The molecule has 6 heteroatoms. The molecule has 3 rings (SSSR count). The highest BCUT2D eigenvalue weighted by Crippen LogP contribution is 2.30. The van der Waals surface area contributed by atoms with Crippen molar-refractivity contribution in [2.45, 2.75) is 25.7 Å². The summed E-state index contributed by atoms with van der Waals surface area (Å²) in [4.78, 5) is 18.6. The molecule has 1 aliphatic heterocycles. The summed E-state index contributed by atoms with van der Waals surface area (Å²) in [5.41, 5.74) is 2.23. The third-order valence-corrected chi connectivity index (χ3v) is 6.42. The third-order valence-electron chi connectivity index (χ3n) is 5.83. The number of rotatable bonds is 9. The maximum absolute atomic E-state index is 11.8. The molecule has 1 aromatic carbocycles. The van der Waals surface area contributed by atoms with Crippen LogP contribution in [0.15, 0.2) is 30.5 Å². The molecule has 0 spiro atoms. The number of fused-ring (bicyclic) bond motifs is 1. The van der Waals surface area contributed by atoms with Gasteiger partial charge >= 0.3 is 5.97 Å². The second kappa shape index (κ2) is 10.1. The van der Waals surface area contributed by atoms with Gasteiger partial charge in [0.15, 0.2) is 0 Å². The van der Waals surface area contributed by atoms with Crippen LogP contribution in [-0.2, 0) is 11.2 Å². The number of carboxylic acids is 1. The number of thioether (sulfide) groups is 1. The molecule has 1 aromatic heterocycles. The van der Waals surface area contributed by atoms with E-state index in [0.717, 1.165) is 61.2 Å². The van der Waals surface area contributed by atoms with Gasteiger partial charge in [-0.05, 0) is 74.2 Å². The van der Waals surface area contributed by atoms with Crippen LogP contribution in [0.4, 0.5) is 0 Å². The summed E-state index contributed by atoms with van der Waals surface area (Å²) in [5.74, 6) is 1.29. The molecule has 5 nitrogen and oxygen atoms in total. The third kappa shape index (κ3) is 5.17. The van der Waals surface area contributed by atoms with Crippen molar-refractivity contribution in [2.24, 2.45) is 11.8 Å².